The average Bonchev–Trinajstić information content (AvgIpc) is 3.43. The van der Waals surface area contributed by atoms with E-state index in [1.165, 1.54) is 52.8 Å². The van der Waals surface area contributed by atoms with Gasteiger partial charge in [-0.3, -0.25) is 4.79 Å². The number of aromatic nitrogens is 3. The quantitative estimate of drug-likeness (QED) is 0.557. The average molecular weight is 433 g/mol. The number of nitrogens with zero attached hydrogens (tertiary/aromatic N) is 3. The van der Waals surface area contributed by atoms with Crippen LogP contribution in [0.1, 0.15) is 35.1 Å². The van der Waals surface area contributed by atoms with Gasteiger partial charge in [-0.1, -0.05) is 31.2 Å². The first-order valence-corrected chi connectivity index (χ1v) is 12.3. The van der Waals surface area contributed by atoms with Crippen molar-refractivity contribution in [2.75, 3.05) is 5.75 Å². The van der Waals surface area contributed by atoms with Gasteiger partial charge < -0.3 is 9.88 Å². The summed E-state index contributed by atoms with van der Waals surface area (Å²) in [6.07, 6.45) is 4.92. The molecule has 0 aromatic carbocycles. The summed E-state index contributed by atoms with van der Waals surface area (Å²) in [5.74, 6) is 2.07. The van der Waals surface area contributed by atoms with Gasteiger partial charge in [-0.15, -0.1) is 32.9 Å². The third kappa shape index (κ3) is 4.34. The summed E-state index contributed by atoms with van der Waals surface area (Å²) in [5.41, 5.74) is 1.49. The molecule has 5 nitrogen and oxygen atoms in total. The molecular formula is C20H24N4OS3. The van der Waals surface area contributed by atoms with Gasteiger partial charge >= 0.3 is 0 Å². The minimum Gasteiger partial charge on any atom is -0.350 e. The number of fused-ring (bicyclic) bond motifs is 1. The Hall–Kier alpha value is -1.64. The molecule has 0 saturated carbocycles. The molecule has 1 amide bonds. The lowest BCUT2D eigenvalue weighted by Crippen LogP contribution is -2.24. The SMILES string of the molecule is CCC1CCc2sc(-c3nnc(SCC(=O)NCc4cccs4)n3C)cc2C1. The number of nitrogens with one attached hydrogen (secondary N) is 1. The number of rotatable bonds is 7. The molecule has 3 heterocycles. The Morgan fingerprint density at radius 1 is 1.43 bits per heavy atom. The number of carbonyl (C=O) groups is 1. The summed E-state index contributed by atoms with van der Waals surface area (Å²) in [5, 5.41) is 14.5. The molecule has 28 heavy (non-hydrogen) atoms. The zero-order valence-electron chi connectivity index (χ0n) is 16.1. The van der Waals surface area contributed by atoms with Gasteiger partial charge in [0.1, 0.15) is 0 Å². The molecule has 3 aromatic heterocycles. The second-order valence-corrected chi connectivity index (χ2v) is 10.2. The molecule has 1 unspecified atom stereocenters. The minimum absolute atomic E-state index is 0.0140. The molecular weight excluding hydrogens is 408 g/mol. The number of hydrogen-bond acceptors (Lipinski definition) is 6. The Balaban J connectivity index is 1.38. The van der Waals surface area contributed by atoms with E-state index in [2.05, 4.69) is 28.5 Å². The highest BCUT2D eigenvalue weighted by molar-refractivity contribution is 7.99. The summed E-state index contributed by atoms with van der Waals surface area (Å²) in [4.78, 5) is 16.0. The van der Waals surface area contributed by atoms with E-state index in [-0.39, 0.29) is 5.91 Å². The van der Waals surface area contributed by atoms with Crippen LogP contribution in [-0.4, -0.2) is 26.4 Å². The molecule has 0 spiro atoms. The van der Waals surface area contributed by atoms with E-state index in [9.17, 15) is 4.79 Å². The van der Waals surface area contributed by atoms with Crippen molar-refractivity contribution in [3.8, 4) is 10.7 Å². The molecule has 0 saturated heterocycles. The van der Waals surface area contributed by atoms with Crippen LogP contribution in [0.3, 0.4) is 0 Å². The number of thiophene rings is 2. The Morgan fingerprint density at radius 2 is 2.32 bits per heavy atom. The maximum absolute atomic E-state index is 12.1. The molecule has 8 heteroatoms. The van der Waals surface area contributed by atoms with Crippen LogP contribution in [0, 0.1) is 5.92 Å². The van der Waals surface area contributed by atoms with Crippen molar-refractivity contribution < 1.29 is 4.79 Å². The summed E-state index contributed by atoms with van der Waals surface area (Å²) in [7, 11) is 1.98. The van der Waals surface area contributed by atoms with Gasteiger partial charge in [0.2, 0.25) is 5.91 Å². The zero-order valence-corrected chi connectivity index (χ0v) is 18.6. The molecule has 0 fully saturated rings. The van der Waals surface area contributed by atoms with Crippen LogP contribution in [0.4, 0.5) is 0 Å². The van der Waals surface area contributed by atoms with Crippen LogP contribution < -0.4 is 5.32 Å². The first-order chi connectivity index (χ1) is 13.6. The van der Waals surface area contributed by atoms with Crippen molar-refractivity contribution >= 4 is 40.3 Å². The summed E-state index contributed by atoms with van der Waals surface area (Å²) >= 11 is 4.93. The standard InChI is InChI=1S/C20H24N4OS3/c1-3-13-6-7-16-14(9-13)10-17(28-16)19-22-23-20(24(19)2)27-12-18(25)21-11-15-5-4-8-26-15/h4-5,8,10,13H,3,6-7,9,11-12H2,1-2H3,(H,21,25). The lowest BCUT2D eigenvalue weighted by Gasteiger charge is -2.19. The Kier molecular flexibility index (Phi) is 6.18. The van der Waals surface area contributed by atoms with Gasteiger partial charge in [-0.05, 0) is 48.3 Å². The van der Waals surface area contributed by atoms with Gasteiger partial charge in [0.25, 0.3) is 0 Å². The second-order valence-electron chi connectivity index (χ2n) is 7.09. The second kappa shape index (κ2) is 8.80. The topological polar surface area (TPSA) is 59.8 Å². The molecule has 0 bridgehead atoms. The van der Waals surface area contributed by atoms with E-state index >= 15 is 0 Å². The lowest BCUT2D eigenvalue weighted by atomic mass is 9.87. The van der Waals surface area contributed by atoms with Crippen molar-refractivity contribution in [2.45, 2.75) is 44.3 Å². The number of hydrogen-bond donors (Lipinski definition) is 1. The zero-order chi connectivity index (χ0) is 19.5. The third-order valence-corrected chi connectivity index (χ3v) is 8.32. The van der Waals surface area contributed by atoms with Crippen molar-refractivity contribution in [3.05, 3.63) is 38.9 Å². The van der Waals surface area contributed by atoms with Gasteiger partial charge in [-0.2, -0.15) is 0 Å². The lowest BCUT2D eigenvalue weighted by molar-refractivity contribution is -0.118. The normalized spacial score (nSPS) is 16.1. The fourth-order valence-corrected chi connectivity index (χ4v) is 6.11. The van der Waals surface area contributed by atoms with Crippen LogP contribution in [-0.2, 0) is 31.2 Å². The van der Waals surface area contributed by atoms with Crippen LogP contribution in [0.15, 0.2) is 28.7 Å². The molecule has 1 aliphatic carbocycles. The van der Waals surface area contributed by atoms with Crippen molar-refractivity contribution in [2.24, 2.45) is 13.0 Å². The smallest absolute Gasteiger partial charge is 0.230 e. The van der Waals surface area contributed by atoms with E-state index in [1.54, 1.807) is 11.3 Å². The summed E-state index contributed by atoms with van der Waals surface area (Å²) in [6.45, 7) is 2.87. The fraction of sp³-hybridized carbons (Fsp3) is 0.450. The molecule has 1 aliphatic rings. The van der Waals surface area contributed by atoms with Crippen molar-refractivity contribution in [1.82, 2.24) is 20.1 Å². The third-order valence-electron chi connectivity index (χ3n) is 5.19. The van der Waals surface area contributed by atoms with Crippen LogP contribution in [0.2, 0.25) is 0 Å². The first kappa shape index (κ1) is 19.7. The molecule has 0 radical (unpaired) electrons. The Labute approximate surface area is 177 Å². The van der Waals surface area contributed by atoms with E-state index in [4.69, 9.17) is 0 Å². The van der Waals surface area contributed by atoms with E-state index in [0.717, 1.165) is 21.8 Å². The monoisotopic (exact) mass is 432 g/mol. The minimum atomic E-state index is 0.0140. The summed E-state index contributed by atoms with van der Waals surface area (Å²) < 4.78 is 2.01. The number of carbonyl (C=O) groups excluding carboxylic acids is 1. The van der Waals surface area contributed by atoms with Crippen molar-refractivity contribution in [3.63, 3.8) is 0 Å². The van der Waals surface area contributed by atoms with Gasteiger partial charge in [0.05, 0.1) is 17.2 Å². The highest BCUT2D eigenvalue weighted by Crippen LogP contribution is 2.37. The molecule has 3 aromatic rings. The number of aryl methyl sites for hydroxylation is 1. The van der Waals surface area contributed by atoms with E-state index in [0.29, 0.717) is 12.3 Å². The maximum atomic E-state index is 12.1. The maximum Gasteiger partial charge on any atom is 0.230 e. The van der Waals surface area contributed by atoms with E-state index in [1.807, 2.05) is 40.5 Å². The van der Waals surface area contributed by atoms with Gasteiger partial charge in [0, 0.05) is 16.8 Å². The molecule has 4 rings (SSSR count). The molecule has 148 valence electrons. The molecule has 1 N–H and O–H groups in total. The fourth-order valence-electron chi connectivity index (χ4n) is 3.49. The van der Waals surface area contributed by atoms with Crippen LogP contribution in [0.25, 0.3) is 10.7 Å². The van der Waals surface area contributed by atoms with Gasteiger partial charge in [-0.25, -0.2) is 0 Å². The number of thioether (sulfide) groups is 1. The largest absolute Gasteiger partial charge is 0.350 e. The van der Waals surface area contributed by atoms with Crippen LogP contribution >= 0.6 is 34.4 Å². The number of amides is 1. The Bertz CT molecular complexity index is 945. The predicted molar refractivity (Wildman–Crippen MR) is 117 cm³/mol. The van der Waals surface area contributed by atoms with Crippen molar-refractivity contribution in [1.29, 1.82) is 0 Å². The molecule has 1 atom stereocenters. The molecule has 0 aliphatic heterocycles. The van der Waals surface area contributed by atoms with Crippen LogP contribution in [0.5, 0.6) is 0 Å². The van der Waals surface area contributed by atoms with Gasteiger partial charge in [0.15, 0.2) is 11.0 Å². The predicted octanol–water partition coefficient (Wildman–Crippen LogP) is 4.53. The highest BCUT2D eigenvalue weighted by Gasteiger charge is 2.22. The van der Waals surface area contributed by atoms with E-state index < -0.39 is 0 Å². The highest BCUT2D eigenvalue weighted by atomic mass is 32.2. The summed E-state index contributed by atoms with van der Waals surface area (Å²) in [6, 6.07) is 6.32. The Morgan fingerprint density at radius 3 is 3.11 bits per heavy atom. The first-order valence-electron chi connectivity index (χ1n) is 9.57.